The molecule has 1 aliphatic rings. The number of β-amino-alcohol motifs (C(OH)–C–C–N with tert-alkyl or cyclic N) is 1. The fraction of sp³-hybridized carbons (Fsp3) is 0.600. The molecule has 0 saturated carbocycles. The monoisotopic (exact) mass is 304 g/mol. The molecule has 3 heterocycles. The van der Waals surface area contributed by atoms with Crippen molar-refractivity contribution < 1.29 is 5.11 Å². The van der Waals surface area contributed by atoms with Crippen molar-refractivity contribution in [2.45, 2.75) is 6.54 Å². The van der Waals surface area contributed by atoms with Gasteiger partial charge >= 0.3 is 0 Å². The Bertz CT molecular complexity index is 618. The number of nitrogens with zero attached hydrogens (tertiary/aromatic N) is 6. The average molecular weight is 304 g/mol. The second-order valence-corrected chi connectivity index (χ2v) is 6.00. The van der Waals surface area contributed by atoms with Gasteiger partial charge in [0.05, 0.1) is 12.3 Å². The lowest BCUT2D eigenvalue weighted by Gasteiger charge is -2.35. The summed E-state index contributed by atoms with van der Waals surface area (Å²) in [6.07, 6.45) is 3.91. The minimum Gasteiger partial charge on any atom is -0.395 e. The Morgan fingerprint density at radius 3 is 2.68 bits per heavy atom. The number of hydrogen-bond acceptors (Lipinski definition) is 6. The standard InChI is InChI=1S/C15H24N6O/c1-18(2)11-13-12-21-14(17-13)3-4-16-15(21)20-7-5-19(6-8-20)9-10-22/h3-4,12,22H,5-11H2,1-2H3. The molecule has 7 heteroatoms. The Balaban J connectivity index is 1.80. The van der Waals surface area contributed by atoms with Gasteiger partial charge in [0.2, 0.25) is 5.95 Å². The number of aromatic nitrogens is 3. The lowest BCUT2D eigenvalue weighted by molar-refractivity contribution is 0.188. The molecule has 0 bridgehead atoms. The number of aliphatic hydroxyl groups is 1. The van der Waals surface area contributed by atoms with Crippen LogP contribution < -0.4 is 4.90 Å². The number of fused-ring (bicyclic) bond motifs is 1. The second kappa shape index (κ2) is 6.60. The molecule has 1 saturated heterocycles. The number of anilines is 1. The molecule has 22 heavy (non-hydrogen) atoms. The summed E-state index contributed by atoms with van der Waals surface area (Å²) in [5, 5.41) is 9.03. The summed E-state index contributed by atoms with van der Waals surface area (Å²) in [6, 6.07) is 1.95. The van der Waals surface area contributed by atoms with E-state index in [9.17, 15) is 0 Å². The summed E-state index contributed by atoms with van der Waals surface area (Å²) in [7, 11) is 4.09. The van der Waals surface area contributed by atoms with Crippen LogP contribution in [0.4, 0.5) is 5.95 Å². The van der Waals surface area contributed by atoms with Crippen molar-refractivity contribution in [2.24, 2.45) is 0 Å². The summed E-state index contributed by atoms with van der Waals surface area (Å²) >= 11 is 0. The van der Waals surface area contributed by atoms with E-state index in [0.29, 0.717) is 0 Å². The summed E-state index contributed by atoms with van der Waals surface area (Å²) in [4.78, 5) is 15.9. The van der Waals surface area contributed by atoms with Crippen LogP contribution in [0.25, 0.3) is 5.65 Å². The summed E-state index contributed by atoms with van der Waals surface area (Å²) in [5.41, 5.74) is 2.00. The Hall–Kier alpha value is -1.70. The lowest BCUT2D eigenvalue weighted by Crippen LogP contribution is -2.48. The SMILES string of the molecule is CN(C)Cc1cn2c(N3CCN(CCO)CC3)nccc2n1. The van der Waals surface area contributed by atoms with Crippen LogP contribution in [0.5, 0.6) is 0 Å². The molecule has 3 rings (SSSR count). The van der Waals surface area contributed by atoms with Gasteiger partial charge in [-0.2, -0.15) is 0 Å². The predicted molar refractivity (Wildman–Crippen MR) is 86.1 cm³/mol. The molecule has 1 aliphatic heterocycles. The van der Waals surface area contributed by atoms with Crippen molar-refractivity contribution in [3.8, 4) is 0 Å². The van der Waals surface area contributed by atoms with Gasteiger partial charge in [-0.3, -0.25) is 9.30 Å². The third-order valence-corrected chi connectivity index (χ3v) is 3.96. The average Bonchev–Trinajstić information content (AvgIpc) is 2.89. The van der Waals surface area contributed by atoms with Crippen LogP contribution in [-0.2, 0) is 6.54 Å². The van der Waals surface area contributed by atoms with Gasteiger partial charge in [0.1, 0.15) is 5.65 Å². The molecule has 0 aliphatic carbocycles. The molecule has 0 atom stereocenters. The smallest absolute Gasteiger partial charge is 0.211 e. The van der Waals surface area contributed by atoms with E-state index in [1.54, 1.807) is 0 Å². The van der Waals surface area contributed by atoms with Gasteiger partial charge in [-0.1, -0.05) is 0 Å². The van der Waals surface area contributed by atoms with Crippen molar-refractivity contribution in [1.29, 1.82) is 0 Å². The summed E-state index contributed by atoms with van der Waals surface area (Å²) in [5.74, 6) is 0.957. The molecule has 120 valence electrons. The molecule has 2 aromatic heterocycles. The maximum absolute atomic E-state index is 9.03. The molecule has 2 aromatic rings. The van der Waals surface area contributed by atoms with Gasteiger partial charge < -0.3 is 14.9 Å². The van der Waals surface area contributed by atoms with Crippen LogP contribution >= 0.6 is 0 Å². The lowest BCUT2D eigenvalue weighted by atomic mass is 10.3. The molecule has 0 aromatic carbocycles. The molecular weight excluding hydrogens is 280 g/mol. The minimum absolute atomic E-state index is 0.225. The Kier molecular flexibility index (Phi) is 4.56. The van der Waals surface area contributed by atoms with E-state index in [2.05, 4.69) is 35.3 Å². The van der Waals surface area contributed by atoms with E-state index in [4.69, 9.17) is 5.11 Å². The predicted octanol–water partition coefficient (Wildman–Crippen LogP) is -0.0948. The maximum Gasteiger partial charge on any atom is 0.211 e. The highest BCUT2D eigenvalue weighted by molar-refractivity contribution is 5.48. The van der Waals surface area contributed by atoms with Gasteiger partial charge in [0.15, 0.2) is 0 Å². The molecule has 1 fully saturated rings. The number of imidazole rings is 1. The van der Waals surface area contributed by atoms with E-state index in [1.807, 2.05) is 26.4 Å². The van der Waals surface area contributed by atoms with Crippen molar-refractivity contribution >= 4 is 11.6 Å². The largest absolute Gasteiger partial charge is 0.395 e. The van der Waals surface area contributed by atoms with Gasteiger partial charge in [0, 0.05) is 51.7 Å². The normalized spacial score (nSPS) is 16.8. The van der Waals surface area contributed by atoms with Crippen LogP contribution in [0, 0.1) is 0 Å². The van der Waals surface area contributed by atoms with Gasteiger partial charge in [-0.25, -0.2) is 9.97 Å². The second-order valence-electron chi connectivity index (χ2n) is 6.00. The Labute approximate surface area is 130 Å². The first kappa shape index (κ1) is 15.2. The first-order valence-corrected chi connectivity index (χ1v) is 7.73. The number of piperazine rings is 1. The molecule has 0 amide bonds. The summed E-state index contributed by atoms with van der Waals surface area (Å²) < 4.78 is 2.08. The Morgan fingerprint density at radius 1 is 1.23 bits per heavy atom. The van der Waals surface area contributed by atoms with Crippen molar-refractivity contribution in [3.63, 3.8) is 0 Å². The van der Waals surface area contributed by atoms with Crippen molar-refractivity contribution in [2.75, 3.05) is 58.3 Å². The minimum atomic E-state index is 0.225. The van der Waals surface area contributed by atoms with Gasteiger partial charge in [0.25, 0.3) is 0 Å². The van der Waals surface area contributed by atoms with Gasteiger partial charge in [-0.05, 0) is 20.2 Å². The number of aliphatic hydroxyl groups excluding tert-OH is 1. The highest BCUT2D eigenvalue weighted by Crippen LogP contribution is 2.17. The molecule has 0 unspecified atom stereocenters. The number of rotatable bonds is 5. The van der Waals surface area contributed by atoms with Crippen molar-refractivity contribution in [3.05, 3.63) is 24.2 Å². The van der Waals surface area contributed by atoms with Gasteiger partial charge in [-0.15, -0.1) is 0 Å². The zero-order valence-corrected chi connectivity index (χ0v) is 13.3. The molecular formula is C15H24N6O. The van der Waals surface area contributed by atoms with E-state index in [0.717, 1.165) is 56.6 Å². The fourth-order valence-electron chi connectivity index (χ4n) is 2.90. The van der Waals surface area contributed by atoms with E-state index < -0.39 is 0 Å². The highest BCUT2D eigenvalue weighted by Gasteiger charge is 2.20. The molecule has 0 radical (unpaired) electrons. The first-order valence-electron chi connectivity index (χ1n) is 7.73. The zero-order chi connectivity index (χ0) is 15.5. The van der Waals surface area contributed by atoms with Crippen LogP contribution in [0.15, 0.2) is 18.5 Å². The molecule has 7 nitrogen and oxygen atoms in total. The van der Waals surface area contributed by atoms with Crippen LogP contribution in [0.2, 0.25) is 0 Å². The van der Waals surface area contributed by atoms with Crippen LogP contribution in [0.3, 0.4) is 0 Å². The van der Waals surface area contributed by atoms with Crippen LogP contribution in [0.1, 0.15) is 5.69 Å². The fourth-order valence-corrected chi connectivity index (χ4v) is 2.90. The maximum atomic E-state index is 9.03. The highest BCUT2D eigenvalue weighted by atomic mass is 16.3. The topological polar surface area (TPSA) is 60.1 Å². The quantitative estimate of drug-likeness (QED) is 0.833. The van der Waals surface area contributed by atoms with Crippen molar-refractivity contribution in [1.82, 2.24) is 24.2 Å². The first-order chi connectivity index (χ1) is 10.7. The van der Waals surface area contributed by atoms with E-state index in [-0.39, 0.29) is 6.61 Å². The van der Waals surface area contributed by atoms with E-state index in [1.165, 1.54) is 0 Å². The zero-order valence-electron chi connectivity index (χ0n) is 13.3. The summed E-state index contributed by atoms with van der Waals surface area (Å²) in [6.45, 7) is 5.56. The third kappa shape index (κ3) is 3.21. The third-order valence-electron chi connectivity index (χ3n) is 3.96. The van der Waals surface area contributed by atoms with E-state index >= 15 is 0 Å². The van der Waals surface area contributed by atoms with Crippen LogP contribution in [-0.4, -0.2) is 82.7 Å². The molecule has 1 N–H and O–H groups in total. The molecule has 0 spiro atoms. The number of hydrogen-bond donors (Lipinski definition) is 1. The Morgan fingerprint density at radius 2 is 2.00 bits per heavy atom.